The number of aromatic nitrogens is 3. The molecule has 0 saturated heterocycles. The van der Waals surface area contributed by atoms with Crippen LogP contribution in [0.15, 0.2) is 36.9 Å². The highest BCUT2D eigenvalue weighted by atomic mass is 19.1. The summed E-state index contributed by atoms with van der Waals surface area (Å²) in [4.78, 5) is 8.08. The van der Waals surface area contributed by atoms with Gasteiger partial charge < -0.3 is 14.4 Å². The molecule has 0 bridgehead atoms. The molecule has 5 nitrogen and oxygen atoms in total. The monoisotopic (exact) mass is 305 g/mol. The summed E-state index contributed by atoms with van der Waals surface area (Å²) in [5.74, 6) is 0. The Bertz CT molecular complexity index is 578. The van der Waals surface area contributed by atoms with Crippen LogP contribution in [-0.4, -0.2) is 32.9 Å². The summed E-state index contributed by atoms with van der Waals surface area (Å²) in [6.45, 7) is -0.627. The second-order valence-electron chi connectivity index (χ2n) is 5.68. The lowest BCUT2D eigenvalue weighted by Crippen LogP contribution is -2.32. The molecule has 2 aromatic rings. The topological polar surface area (TPSA) is 60.2 Å². The van der Waals surface area contributed by atoms with E-state index in [0.717, 1.165) is 12.8 Å². The maximum Gasteiger partial charge on any atom is 0.316 e. The quantitative estimate of drug-likeness (QED) is 0.922. The van der Waals surface area contributed by atoms with Crippen LogP contribution >= 0.6 is 0 Å². The first-order valence-corrected chi connectivity index (χ1v) is 7.57. The second kappa shape index (κ2) is 6.44. The van der Waals surface area contributed by atoms with E-state index < -0.39 is 12.3 Å². The van der Waals surface area contributed by atoms with Crippen molar-refractivity contribution in [3.05, 3.63) is 42.5 Å². The molecular weight excluding hydrogens is 285 g/mol. The molecule has 22 heavy (non-hydrogen) atoms. The highest BCUT2D eigenvalue weighted by Crippen LogP contribution is 2.41. The predicted octanol–water partition coefficient (Wildman–Crippen LogP) is 2.63. The van der Waals surface area contributed by atoms with E-state index in [4.69, 9.17) is 4.74 Å². The van der Waals surface area contributed by atoms with Crippen molar-refractivity contribution < 1.29 is 14.2 Å². The number of aliphatic hydroxyl groups is 1. The Morgan fingerprint density at radius 1 is 1.23 bits per heavy atom. The maximum absolute atomic E-state index is 12.0. The van der Waals surface area contributed by atoms with Crippen molar-refractivity contribution in [1.29, 1.82) is 0 Å². The highest BCUT2D eigenvalue weighted by Gasteiger charge is 2.35. The second-order valence-corrected chi connectivity index (χ2v) is 5.68. The van der Waals surface area contributed by atoms with Gasteiger partial charge in [0.05, 0.1) is 5.60 Å². The Kier molecular flexibility index (Phi) is 4.38. The third-order valence-electron chi connectivity index (χ3n) is 4.31. The summed E-state index contributed by atoms with van der Waals surface area (Å²) < 4.78 is 19.3. The lowest BCUT2D eigenvalue weighted by molar-refractivity contribution is -0.0130. The molecule has 0 aliphatic heterocycles. The Balaban J connectivity index is 1.64. The van der Waals surface area contributed by atoms with E-state index in [1.807, 2.05) is 12.1 Å². The number of ether oxygens (including phenoxy) is 1. The summed E-state index contributed by atoms with van der Waals surface area (Å²) in [6.07, 6.45) is 10.4. The zero-order valence-electron chi connectivity index (χ0n) is 12.4. The summed E-state index contributed by atoms with van der Waals surface area (Å²) in [5.41, 5.74) is -0.187. The van der Waals surface area contributed by atoms with Gasteiger partial charge in [0.15, 0.2) is 0 Å². The molecule has 0 aromatic carbocycles. The van der Waals surface area contributed by atoms with E-state index in [1.165, 1.54) is 0 Å². The molecule has 6 heteroatoms. The van der Waals surface area contributed by atoms with E-state index in [9.17, 15) is 9.50 Å². The average molecular weight is 305 g/mol. The van der Waals surface area contributed by atoms with E-state index in [-0.39, 0.29) is 12.6 Å². The van der Waals surface area contributed by atoms with Crippen molar-refractivity contribution in [3.63, 3.8) is 0 Å². The third-order valence-corrected chi connectivity index (χ3v) is 4.31. The summed E-state index contributed by atoms with van der Waals surface area (Å²) in [6, 6.07) is 4.62. The Morgan fingerprint density at radius 3 is 2.45 bits per heavy atom. The van der Waals surface area contributed by atoms with Crippen LogP contribution in [0.1, 0.15) is 37.3 Å². The SMILES string of the molecule is OC1(c2cnc(OCCF)nc2)CCC(n2cccc2)CC1. The first-order valence-electron chi connectivity index (χ1n) is 7.57. The molecule has 2 heterocycles. The highest BCUT2D eigenvalue weighted by molar-refractivity contribution is 5.18. The smallest absolute Gasteiger partial charge is 0.316 e. The molecule has 0 atom stereocenters. The zero-order chi connectivity index (χ0) is 15.4. The Labute approximate surface area is 128 Å². The largest absolute Gasteiger partial charge is 0.461 e. The summed E-state index contributed by atoms with van der Waals surface area (Å²) >= 11 is 0. The van der Waals surface area contributed by atoms with Gasteiger partial charge in [-0.05, 0) is 37.8 Å². The maximum atomic E-state index is 12.0. The van der Waals surface area contributed by atoms with Crippen molar-refractivity contribution in [2.45, 2.75) is 37.3 Å². The minimum Gasteiger partial charge on any atom is -0.461 e. The molecule has 1 N–H and O–H groups in total. The van der Waals surface area contributed by atoms with Crippen LogP contribution in [0.4, 0.5) is 4.39 Å². The van der Waals surface area contributed by atoms with Gasteiger partial charge in [0.2, 0.25) is 0 Å². The number of halogens is 1. The Hall–Kier alpha value is -1.95. The number of hydrogen-bond donors (Lipinski definition) is 1. The van der Waals surface area contributed by atoms with Gasteiger partial charge in [-0.25, -0.2) is 14.4 Å². The number of hydrogen-bond acceptors (Lipinski definition) is 4. The lowest BCUT2D eigenvalue weighted by Gasteiger charge is -2.36. The van der Waals surface area contributed by atoms with Crippen LogP contribution in [0, 0.1) is 0 Å². The van der Waals surface area contributed by atoms with Gasteiger partial charge in [-0.2, -0.15) is 0 Å². The average Bonchev–Trinajstić information content (AvgIpc) is 3.08. The number of rotatable bonds is 5. The van der Waals surface area contributed by atoms with Gasteiger partial charge in [0, 0.05) is 36.4 Å². The molecule has 1 saturated carbocycles. The fourth-order valence-corrected chi connectivity index (χ4v) is 3.02. The fraction of sp³-hybridized carbons (Fsp3) is 0.500. The van der Waals surface area contributed by atoms with Gasteiger partial charge >= 0.3 is 6.01 Å². The molecule has 0 unspecified atom stereocenters. The number of alkyl halides is 1. The molecule has 0 radical (unpaired) electrons. The van der Waals surface area contributed by atoms with E-state index in [0.29, 0.717) is 24.4 Å². The molecule has 1 aliphatic carbocycles. The van der Waals surface area contributed by atoms with Gasteiger partial charge in [0.1, 0.15) is 13.3 Å². The molecule has 1 aliphatic rings. The molecule has 1 fully saturated rings. The van der Waals surface area contributed by atoms with E-state index in [1.54, 1.807) is 12.4 Å². The standard InChI is InChI=1S/C16H20FN3O2/c17-7-10-22-15-18-11-13(12-19-15)16(21)5-3-14(4-6-16)20-8-1-2-9-20/h1-2,8-9,11-12,14,21H,3-7,10H2. The lowest BCUT2D eigenvalue weighted by atomic mass is 9.78. The molecule has 3 rings (SSSR count). The van der Waals surface area contributed by atoms with Crippen molar-refractivity contribution in [2.75, 3.05) is 13.3 Å². The Morgan fingerprint density at radius 2 is 1.86 bits per heavy atom. The van der Waals surface area contributed by atoms with Gasteiger partial charge in [-0.3, -0.25) is 0 Å². The van der Waals surface area contributed by atoms with Gasteiger partial charge in [-0.15, -0.1) is 0 Å². The fourth-order valence-electron chi connectivity index (χ4n) is 3.02. The van der Waals surface area contributed by atoms with Crippen LogP contribution in [0.25, 0.3) is 0 Å². The van der Waals surface area contributed by atoms with Gasteiger partial charge in [0.25, 0.3) is 0 Å². The minimum absolute atomic E-state index is 0.0534. The van der Waals surface area contributed by atoms with E-state index >= 15 is 0 Å². The molecule has 118 valence electrons. The van der Waals surface area contributed by atoms with Crippen LogP contribution in [-0.2, 0) is 5.60 Å². The predicted molar refractivity (Wildman–Crippen MR) is 79.3 cm³/mol. The zero-order valence-corrected chi connectivity index (χ0v) is 12.4. The van der Waals surface area contributed by atoms with E-state index in [2.05, 4.69) is 26.9 Å². The van der Waals surface area contributed by atoms with Crippen LogP contribution < -0.4 is 4.74 Å². The molecule has 2 aromatic heterocycles. The first-order chi connectivity index (χ1) is 10.7. The number of nitrogens with zero attached hydrogens (tertiary/aromatic N) is 3. The summed E-state index contributed by atoms with van der Waals surface area (Å²) in [7, 11) is 0. The van der Waals surface area contributed by atoms with Crippen LogP contribution in [0.3, 0.4) is 0 Å². The van der Waals surface area contributed by atoms with Crippen LogP contribution in [0.2, 0.25) is 0 Å². The molecule has 0 amide bonds. The third kappa shape index (κ3) is 3.11. The van der Waals surface area contributed by atoms with Crippen molar-refractivity contribution in [2.24, 2.45) is 0 Å². The van der Waals surface area contributed by atoms with Crippen molar-refractivity contribution in [1.82, 2.24) is 14.5 Å². The van der Waals surface area contributed by atoms with Crippen molar-refractivity contribution in [3.8, 4) is 6.01 Å². The first kappa shape index (κ1) is 15.0. The summed E-state index contributed by atoms with van der Waals surface area (Å²) in [5, 5.41) is 10.8. The normalized spacial score (nSPS) is 25.1. The molecular formula is C16H20FN3O2. The minimum atomic E-state index is -0.887. The van der Waals surface area contributed by atoms with Gasteiger partial charge in [-0.1, -0.05) is 0 Å². The van der Waals surface area contributed by atoms with Crippen LogP contribution in [0.5, 0.6) is 6.01 Å². The molecule has 0 spiro atoms. The van der Waals surface area contributed by atoms with Crippen molar-refractivity contribution >= 4 is 0 Å².